The van der Waals surface area contributed by atoms with Crippen molar-refractivity contribution in [1.82, 2.24) is 25.4 Å². The van der Waals surface area contributed by atoms with Gasteiger partial charge in [-0.05, 0) is 12.1 Å². The minimum Gasteiger partial charge on any atom is -0.416 e. The van der Waals surface area contributed by atoms with Crippen LogP contribution in [0.5, 0.6) is 0 Å². The molecule has 3 rings (SSSR count). The first-order chi connectivity index (χ1) is 11.1. The van der Waals surface area contributed by atoms with Crippen molar-refractivity contribution in [2.75, 3.05) is 0 Å². The summed E-state index contributed by atoms with van der Waals surface area (Å²) in [6.45, 7) is 0. The summed E-state index contributed by atoms with van der Waals surface area (Å²) in [4.78, 5) is 4.14. The van der Waals surface area contributed by atoms with E-state index < -0.39 is 7.59 Å². The maximum Gasteiger partial charge on any atom is 0.268 e. The zero-order chi connectivity index (χ0) is 17.5. The van der Waals surface area contributed by atoms with Crippen molar-refractivity contribution in [1.29, 1.82) is 0 Å². The fourth-order valence-electron chi connectivity index (χ4n) is 1.54. The molecule has 0 spiro atoms. The lowest BCUT2D eigenvalue weighted by molar-refractivity contribution is 0.511. The highest BCUT2D eigenvalue weighted by atomic mass is 35.6. The molecule has 0 aromatic carbocycles. The summed E-state index contributed by atoms with van der Waals surface area (Å²) in [7, 11) is 0. The van der Waals surface area contributed by atoms with Gasteiger partial charge in [0.15, 0.2) is 0 Å². The van der Waals surface area contributed by atoms with Crippen LogP contribution in [-0.2, 0) is 7.59 Å². The van der Waals surface area contributed by atoms with Gasteiger partial charge in [-0.2, -0.15) is 0 Å². The van der Waals surface area contributed by atoms with Crippen molar-refractivity contribution in [2.45, 2.75) is 7.59 Å². The van der Waals surface area contributed by atoms with Crippen LogP contribution in [0, 0.1) is 0 Å². The van der Waals surface area contributed by atoms with E-state index in [0.29, 0.717) is 11.3 Å². The van der Waals surface area contributed by atoms with Gasteiger partial charge in [-0.15, -0.1) is 20.4 Å². The normalized spacial score (nSPS) is 12.6. The standard InChI is InChI=1S/C11H3Cl6N5O2/c12-10(13,14)8-21-19-6(23-8)4-1-2-5(18-3-4)7-20-22-9(24-7)11(15,16)17/h1-3H. The SMILES string of the molecule is ClC(Cl)(Cl)c1nnc(-c2ccc(-c3nnc(C(Cl)(Cl)Cl)o3)nc2)o1. The van der Waals surface area contributed by atoms with Gasteiger partial charge in [-0.3, -0.25) is 4.98 Å². The highest BCUT2D eigenvalue weighted by Gasteiger charge is 2.31. The smallest absolute Gasteiger partial charge is 0.268 e. The van der Waals surface area contributed by atoms with Crippen LogP contribution >= 0.6 is 69.6 Å². The number of hydrogen-bond donors (Lipinski definition) is 0. The predicted octanol–water partition coefficient (Wildman–Crippen LogP) is 4.84. The Morgan fingerprint density at radius 1 is 0.708 bits per heavy atom. The van der Waals surface area contributed by atoms with E-state index in [1.54, 1.807) is 12.1 Å². The van der Waals surface area contributed by atoms with Gasteiger partial charge in [0.25, 0.3) is 25.3 Å². The Morgan fingerprint density at radius 2 is 1.25 bits per heavy atom. The lowest BCUT2D eigenvalue weighted by Gasteiger charge is -2.03. The Balaban J connectivity index is 1.86. The topological polar surface area (TPSA) is 90.7 Å². The van der Waals surface area contributed by atoms with Crippen molar-refractivity contribution >= 4 is 69.6 Å². The Bertz CT molecular complexity index is 780. The Kier molecular flexibility index (Phi) is 4.85. The van der Waals surface area contributed by atoms with Gasteiger partial charge in [0.1, 0.15) is 5.69 Å². The zero-order valence-electron chi connectivity index (χ0n) is 11.1. The maximum atomic E-state index is 5.66. The van der Waals surface area contributed by atoms with E-state index in [1.807, 2.05) is 0 Å². The van der Waals surface area contributed by atoms with Gasteiger partial charge < -0.3 is 8.83 Å². The predicted molar refractivity (Wildman–Crippen MR) is 89.3 cm³/mol. The molecule has 0 saturated carbocycles. The van der Waals surface area contributed by atoms with Crippen LogP contribution in [0.3, 0.4) is 0 Å². The number of hydrogen-bond acceptors (Lipinski definition) is 7. The molecule has 0 aliphatic rings. The van der Waals surface area contributed by atoms with Gasteiger partial charge in [-0.1, -0.05) is 69.6 Å². The van der Waals surface area contributed by atoms with E-state index in [9.17, 15) is 0 Å². The molecule has 0 unspecified atom stereocenters. The van der Waals surface area contributed by atoms with Crippen LogP contribution in [0.25, 0.3) is 23.0 Å². The molecule has 0 N–H and O–H groups in total. The molecule has 0 saturated heterocycles. The number of halogens is 6. The van der Waals surface area contributed by atoms with Gasteiger partial charge in [0, 0.05) is 6.20 Å². The Labute approximate surface area is 164 Å². The molecule has 3 heterocycles. The van der Waals surface area contributed by atoms with Crippen LogP contribution in [0.15, 0.2) is 27.2 Å². The third-order valence-corrected chi connectivity index (χ3v) is 3.53. The fraction of sp³-hybridized carbons (Fsp3) is 0.182. The van der Waals surface area contributed by atoms with Crippen LogP contribution in [0.4, 0.5) is 0 Å². The minimum absolute atomic E-state index is 0.0791. The molecular formula is C11H3Cl6N5O2. The average molecular weight is 450 g/mol. The van der Waals surface area contributed by atoms with E-state index in [0.717, 1.165) is 0 Å². The molecule has 0 atom stereocenters. The zero-order valence-corrected chi connectivity index (χ0v) is 15.6. The van der Waals surface area contributed by atoms with Gasteiger partial charge in [-0.25, -0.2) is 0 Å². The molecule has 13 heteroatoms. The molecular weight excluding hydrogens is 447 g/mol. The largest absolute Gasteiger partial charge is 0.416 e. The van der Waals surface area contributed by atoms with Gasteiger partial charge >= 0.3 is 0 Å². The molecule has 0 aliphatic heterocycles. The van der Waals surface area contributed by atoms with Crippen molar-refractivity contribution in [3.63, 3.8) is 0 Å². The molecule has 0 aliphatic carbocycles. The highest BCUT2D eigenvalue weighted by molar-refractivity contribution is 6.66. The van der Waals surface area contributed by atoms with E-state index >= 15 is 0 Å². The van der Waals surface area contributed by atoms with Crippen molar-refractivity contribution in [3.05, 3.63) is 30.1 Å². The van der Waals surface area contributed by atoms with Gasteiger partial charge in [0.2, 0.25) is 5.89 Å². The third-order valence-electron chi connectivity index (χ3n) is 2.56. The first-order valence-electron chi connectivity index (χ1n) is 5.93. The van der Waals surface area contributed by atoms with Crippen LogP contribution in [-0.4, -0.2) is 25.4 Å². The lowest BCUT2D eigenvalue weighted by Crippen LogP contribution is -1.99. The molecule has 0 radical (unpaired) electrons. The number of aromatic nitrogens is 5. The average Bonchev–Trinajstić information content (AvgIpc) is 3.16. The molecule has 0 bridgehead atoms. The third kappa shape index (κ3) is 3.87. The summed E-state index contributed by atoms with van der Waals surface area (Å²) < 4.78 is 6.88. The summed E-state index contributed by atoms with van der Waals surface area (Å²) in [6, 6.07) is 3.20. The van der Waals surface area contributed by atoms with E-state index in [2.05, 4.69) is 25.4 Å². The fourth-order valence-corrected chi connectivity index (χ4v) is 2.00. The van der Waals surface area contributed by atoms with E-state index in [4.69, 9.17) is 78.4 Å². The Morgan fingerprint density at radius 3 is 1.71 bits per heavy atom. The maximum absolute atomic E-state index is 5.66. The second-order valence-corrected chi connectivity index (χ2v) is 8.81. The minimum atomic E-state index is -1.82. The number of nitrogens with zero attached hydrogens (tertiary/aromatic N) is 5. The number of pyridine rings is 1. The van der Waals surface area contributed by atoms with Crippen molar-refractivity contribution in [2.24, 2.45) is 0 Å². The molecule has 7 nitrogen and oxygen atoms in total. The van der Waals surface area contributed by atoms with Crippen molar-refractivity contribution in [3.8, 4) is 23.0 Å². The second kappa shape index (κ2) is 6.48. The quantitative estimate of drug-likeness (QED) is 0.517. The van der Waals surface area contributed by atoms with Crippen LogP contribution in [0.2, 0.25) is 0 Å². The summed E-state index contributed by atoms with van der Waals surface area (Å²) in [5, 5.41) is 14.8. The van der Waals surface area contributed by atoms with Crippen LogP contribution < -0.4 is 0 Å². The Hall–Kier alpha value is -0.830. The number of alkyl halides is 6. The second-order valence-electron chi connectivity index (χ2n) is 4.25. The van der Waals surface area contributed by atoms with Crippen molar-refractivity contribution < 1.29 is 8.83 Å². The monoisotopic (exact) mass is 447 g/mol. The van der Waals surface area contributed by atoms with E-state index in [-0.39, 0.29) is 23.6 Å². The first-order valence-corrected chi connectivity index (χ1v) is 8.19. The molecule has 3 aromatic rings. The first kappa shape index (κ1) is 18.0. The highest BCUT2D eigenvalue weighted by Crippen LogP contribution is 2.39. The molecule has 0 fully saturated rings. The summed E-state index contributed by atoms with van der Waals surface area (Å²) >= 11 is 34.0. The number of rotatable bonds is 2. The van der Waals surface area contributed by atoms with Gasteiger partial charge in [0.05, 0.1) is 5.56 Å². The lowest BCUT2D eigenvalue weighted by atomic mass is 10.2. The molecule has 126 valence electrons. The molecule has 0 amide bonds. The summed E-state index contributed by atoms with van der Waals surface area (Å²) in [6.07, 6.45) is 1.43. The summed E-state index contributed by atoms with van der Waals surface area (Å²) in [5.41, 5.74) is 0.848. The van der Waals surface area contributed by atoms with E-state index in [1.165, 1.54) is 6.20 Å². The van der Waals surface area contributed by atoms with Crippen LogP contribution in [0.1, 0.15) is 11.8 Å². The molecule has 3 aromatic heterocycles. The molecule has 24 heavy (non-hydrogen) atoms. The summed E-state index contributed by atoms with van der Waals surface area (Å²) in [5.74, 6) is -0.119.